The van der Waals surface area contributed by atoms with Crippen LogP contribution in [0, 0.1) is 0 Å². The summed E-state index contributed by atoms with van der Waals surface area (Å²) < 4.78 is 43.3. The van der Waals surface area contributed by atoms with Gasteiger partial charge in [0.15, 0.2) is 6.04 Å². The molecule has 5 rings (SSSR count). The van der Waals surface area contributed by atoms with Gasteiger partial charge in [-0.15, -0.1) is 0 Å². The zero-order valence-corrected chi connectivity index (χ0v) is 22.6. The topological polar surface area (TPSA) is 135 Å². The van der Waals surface area contributed by atoms with Crippen LogP contribution in [0.25, 0.3) is 0 Å². The van der Waals surface area contributed by atoms with Crippen LogP contribution in [0.15, 0.2) is 76.2 Å². The smallest absolute Gasteiger partial charge is 0.269 e. The number of rotatable bonds is 10. The molecule has 0 unspecified atom stereocenters. The van der Waals surface area contributed by atoms with Crippen LogP contribution in [-0.4, -0.2) is 68.3 Å². The minimum Gasteiger partial charge on any atom is -0.497 e. The van der Waals surface area contributed by atoms with Crippen molar-refractivity contribution in [2.75, 3.05) is 26.8 Å². The van der Waals surface area contributed by atoms with E-state index >= 15 is 0 Å². The van der Waals surface area contributed by atoms with E-state index in [9.17, 15) is 22.8 Å². The summed E-state index contributed by atoms with van der Waals surface area (Å²) in [7, 11) is -2.72. The van der Waals surface area contributed by atoms with E-state index < -0.39 is 40.3 Å². The summed E-state index contributed by atoms with van der Waals surface area (Å²) in [4.78, 5) is 41.6. The largest absolute Gasteiger partial charge is 0.497 e. The lowest BCUT2D eigenvalue weighted by Gasteiger charge is -2.31. The third-order valence-electron chi connectivity index (χ3n) is 6.92. The number of amides is 3. The summed E-state index contributed by atoms with van der Waals surface area (Å²) in [6.45, 7) is -0.00133. The molecule has 12 heteroatoms. The molecule has 1 saturated heterocycles. The molecule has 0 spiro atoms. The number of hydrogen-bond donors (Lipinski definition) is 1. The lowest BCUT2D eigenvalue weighted by Crippen LogP contribution is -2.48. The van der Waals surface area contributed by atoms with Gasteiger partial charge in [0.25, 0.3) is 21.8 Å². The lowest BCUT2D eigenvalue weighted by atomic mass is 10.1. The minimum absolute atomic E-state index is 0.00565. The zero-order valence-electron chi connectivity index (χ0n) is 21.8. The first kappa shape index (κ1) is 27.4. The highest BCUT2D eigenvalue weighted by Crippen LogP contribution is 2.31. The van der Waals surface area contributed by atoms with E-state index in [1.807, 2.05) is 0 Å². The number of carbonyl (C=O) groups excluding carboxylic acids is 3. The molecule has 3 heterocycles. The summed E-state index contributed by atoms with van der Waals surface area (Å²) in [5.41, 5.74) is 0.644. The number of nitrogens with one attached hydrogen (secondary N) is 1. The van der Waals surface area contributed by atoms with Gasteiger partial charge in [-0.3, -0.25) is 14.4 Å². The van der Waals surface area contributed by atoms with Crippen molar-refractivity contribution in [3.05, 3.63) is 83.8 Å². The third kappa shape index (κ3) is 5.45. The summed E-state index contributed by atoms with van der Waals surface area (Å²) in [5, 5.41) is 2.85. The Bertz CT molecular complexity index is 1480. The Morgan fingerprint density at radius 1 is 1.12 bits per heavy atom. The molecule has 0 bridgehead atoms. The highest BCUT2D eigenvalue weighted by atomic mass is 32.2. The van der Waals surface area contributed by atoms with E-state index in [0.717, 1.165) is 12.8 Å². The fourth-order valence-electron chi connectivity index (χ4n) is 4.84. The van der Waals surface area contributed by atoms with Crippen molar-refractivity contribution in [2.24, 2.45) is 0 Å². The Labute approximate surface area is 231 Å². The molecule has 2 aromatic carbocycles. The van der Waals surface area contributed by atoms with Gasteiger partial charge >= 0.3 is 0 Å². The lowest BCUT2D eigenvalue weighted by molar-refractivity contribution is -0.142. The van der Waals surface area contributed by atoms with E-state index in [1.165, 1.54) is 36.5 Å². The average molecular weight is 568 g/mol. The number of nitrogens with zero attached hydrogens (tertiary/aromatic N) is 2. The highest BCUT2D eigenvalue weighted by molar-refractivity contribution is 7.90. The fourth-order valence-corrected chi connectivity index (χ4v) is 6.36. The van der Waals surface area contributed by atoms with E-state index in [2.05, 4.69) is 5.32 Å². The molecule has 2 aliphatic heterocycles. The first-order valence-electron chi connectivity index (χ1n) is 12.8. The number of methoxy groups -OCH3 is 1. The molecule has 1 fully saturated rings. The van der Waals surface area contributed by atoms with Crippen molar-refractivity contribution in [2.45, 2.75) is 36.4 Å². The van der Waals surface area contributed by atoms with Gasteiger partial charge in [-0.2, -0.15) is 0 Å². The van der Waals surface area contributed by atoms with Gasteiger partial charge in [0.2, 0.25) is 5.91 Å². The van der Waals surface area contributed by atoms with E-state index in [1.54, 1.807) is 42.5 Å². The molecule has 2 aliphatic rings. The minimum atomic E-state index is -4.25. The fraction of sp³-hybridized carbons (Fsp3) is 0.321. The monoisotopic (exact) mass is 567 g/mol. The maximum atomic E-state index is 13.9. The molecule has 1 aromatic heterocycles. The van der Waals surface area contributed by atoms with E-state index in [4.69, 9.17) is 13.9 Å². The molecule has 0 aliphatic carbocycles. The van der Waals surface area contributed by atoms with E-state index in [0.29, 0.717) is 22.2 Å². The molecule has 210 valence electrons. The number of carbonyl (C=O) groups is 3. The number of benzene rings is 2. The van der Waals surface area contributed by atoms with Crippen LogP contribution in [0.5, 0.6) is 5.75 Å². The highest BCUT2D eigenvalue weighted by Gasteiger charge is 2.44. The predicted molar refractivity (Wildman–Crippen MR) is 142 cm³/mol. The van der Waals surface area contributed by atoms with Crippen molar-refractivity contribution in [1.29, 1.82) is 0 Å². The van der Waals surface area contributed by atoms with Crippen molar-refractivity contribution in [3.8, 4) is 5.75 Å². The zero-order chi connectivity index (χ0) is 28.3. The van der Waals surface area contributed by atoms with Crippen molar-refractivity contribution in [3.63, 3.8) is 0 Å². The summed E-state index contributed by atoms with van der Waals surface area (Å²) >= 11 is 0. The second-order valence-electron chi connectivity index (χ2n) is 9.48. The van der Waals surface area contributed by atoms with Crippen LogP contribution >= 0.6 is 0 Å². The van der Waals surface area contributed by atoms with E-state index in [-0.39, 0.29) is 35.4 Å². The van der Waals surface area contributed by atoms with Gasteiger partial charge < -0.3 is 24.1 Å². The van der Waals surface area contributed by atoms with Crippen LogP contribution in [0.1, 0.15) is 40.6 Å². The van der Waals surface area contributed by atoms with Crippen LogP contribution in [0.2, 0.25) is 0 Å². The van der Waals surface area contributed by atoms with Gasteiger partial charge in [0.1, 0.15) is 22.9 Å². The van der Waals surface area contributed by atoms with Crippen molar-refractivity contribution < 1.29 is 36.7 Å². The first-order chi connectivity index (χ1) is 19.3. The maximum Gasteiger partial charge on any atom is 0.269 e. The second kappa shape index (κ2) is 11.5. The molecule has 2 atom stereocenters. The molecular formula is C28H29N3O8S. The molecule has 3 aromatic rings. The first-order valence-corrected chi connectivity index (χ1v) is 14.2. The van der Waals surface area contributed by atoms with Crippen LogP contribution in [0.4, 0.5) is 0 Å². The number of fused-ring (bicyclic) bond motifs is 1. The molecule has 0 saturated carbocycles. The van der Waals surface area contributed by atoms with Gasteiger partial charge in [-0.25, -0.2) is 12.7 Å². The standard InChI is InChI=1S/C28H29N3O8S/c1-37-20-12-10-19(11-13-20)17-30(25(32)18-31-28(34)22-7-2-3-9-24(22)40(31,35)36)26(23-8-5-15-39-23)27(33)29-16-21-6-4-14-38-21/h2-3,5,7-13,15,21,26H,4,6,14,16-18H2,1H3,(H,29,33)/t21-,26-/m0/s1. The number of ether oxygens (including phenoxy) is 2. The second-order valence-corrected chi connectivity index (χ2v) is 11.3. The van der Waals surface area contributed by atoms with Crippen LogP contribution in [0.3, 0.4) is 0 Å². The number of hydrogen-bond acceptors (Lipinski definition) is 8. The molecule has 1 N–H and O–H groups in total. The quantitative estimate of drug-likeness (QED) is 0.395. The molecule has 11 nitrogen and oxygen atoms in total. The number of sulfonamides is 1. The van der Waals surface area contributed by atoms with Crippen molar-refractivity contribution >= 4 is 27.7 Å². The van der Waals surface area contributed by atoms with Gasteiger partial charge in [-0.05, 0) is 54.8 Å². The van der Waals surface area contributed by atoms with Crippen LogP contribution < -0.4 is 10.1 Å². The molecule has 0 radical (unpaired) electrons. The normalized spacial score (nSPS) is 18.3. The Morgan fingerprint density at radius 2 is 1.90 bits per heavy atom. The molecule has 3 amide bonds. The average Bonchev–Trinajstić information content (AvgIpc) is 3.72. The Hall–Kier alpha value is -4.16. The Morgan fingerprint density at radius 3 is 2.55 bits per heavy atom. The molecular weight excluding hydrogens is 538 g/mol. The van der Waals surface area contributed by atoms with Gasteiger partial charge in [0, 0.05) is 19.7 Å². The predicted octanol–water partition coefficient (Wildman–Crippen LogP) is 2.50. The Kier molecular flexibility index (Phi) is 7.90. The van der Waals surface area contributed by atoms with Gasteiger partial charge in [-0.1, -0.05) is 24.3 Å². The summed E-state index contributed by atoms with van der Waals surface area (Å²) in [6, 6.07) is 14.6. The van der Waals surface area contributed by atoms with Gasteiger partial charge in [0.05, 0.1) is 25.0 Å². The SMILES string of the molecule is COc1ccc(CN(C(=O)CN2C(=O)c3ccccc3S2(=O)=O)[C@H](C(=O)NC[C@@H]2CCCO2)c2ccco2)cc1. The number of furan rings is 1. The summed E-state index contributed by atoms with van der Waals surface area (Å²) in [6.07, 6.45) is 2.94. The Balaban J connectivity index is 1.47. The van der Waals surface area contributed by atoms with Crippen molar-refractivity contribution in [1.82, 2.24) is 14.5 Å². The summed E-state index contributed by atoms with van der Waals surface area (Å²) in [5.74, 6) is -1.29. The third-order valence-corrected chi connectivity index (χ3v) is 8.71. The molecule has 40 heavy (non-hydrogen) atoms. The maximum absolute atomic E-state index is 13.9. The van der Waals surface area contributed by atoms with Crippen LogP contribution in [-0.2, 0) is 30.9 Å².